The molecule has 7 atom stereocenters. The average molecular weight is 304 g/mol. The number of allylic oxidation sites excluding steroid dienone is 1. The molecule has 0 aromatic carbocycles. The molecule has 0 aromatic heterocycles. The van der Waals surface area contributed by atoms with E-state index < -0.39 is 0 Å². The summed E-state index contributed by atoms with van der Waals surface area (Å²) in [7, 11) is 0. The molecular weight excluding hydrogens is 276 g/mol. The van der Waals surface area contributed by atoms with Gasteiger partial charge in [0.2, 0.25) is 0 Å². The highest BCUT2D eigenvalue weighted by Crippen LogP contribution is 2.65. The third-order valence-electron chi connectivity index (χ3n) is 7.90. The molecule has 0 aromatic rings. The predicted molar refractivity (Wildman–Crippen MR) is 84.1 cm³/mol. The van der Waals surface area contributed by atoms with Crippen LogP contribution in [0.1, 0.15) is 58.8 Å². The van der Waals surface area contributed by atoms with Crippen LogP contribution in [0.25, 0.3) is 0 Å². The monoisotopic (exact) mass is 304 g/mol. The third kappa shape index (κ3) is 1.78. The van der Waals surface area contributed by atoms with E-state index in [1.807, 2.05) is 6.08 Å². The Kier molecular flexibility index (Phi) is 3.16. The number of carbonyl (C=O) groups excluding carboxylic acids is 1. The van der Waals surface area contributed by atoms with Gasteiger partial charge in [-0.15, -0.1) is 0 Å². The quantitative estimate of drug-likeness (QED) is 0.723. The zero-order valence-corrected chi connectivity index (χ0v) is 13.7. The summed E-state index contributed by atoms with van der Waals surface area (Å²) in [4.78, 5) is 11.8. The van der Waals surface area contributed by atoms with E-state index in [0.717, 1.165) is 32.1 Å². The second-order valence-corrected chi connectivity index (χ2v) is 8.75. The van der Waals surface area contributed by atoms with Crippen LogP contribution >= 0.6 is 0 Å². The molecule has 3 fully saturated rings. The molecule has 4 rings (SSSR count). The Morgan fingerprint density at radius 3 is 2.68 bits per heavy atom. The van der Waals surface area contributed by atoms with Crippen LogP contribution in [0, 0.1) is 28.6 Å². The summed E-state index contributed by atoms with van der Waals surface area (Å²) in [6, 6.07) is 0. The smallest absolute Gasteiger partial charge is 0.155 e. The number of rotatable bonds is 0. The van der Waals surface area contributed by atoms with Gasteiger partial charge in [0.25, 0.3) is 0 Å². The first-order valence-electron chi connectivity index (χ1n) is 8.96. The standard InChI is InChI=1S/C19H28O3/c1-18-7-5-12(20)9-11(18)3-4-13-14(18)6-8-19(2)16(22)10-15(21)17(13)19/h9,13-17,21-22H,3-8,10H2,1-2H3/t13-,14+,15-,16+,17-,18+,19-/m1/s1. The van der Waals surface area contributed by atoms with Crippen LogP contribution in [0.3, 0.4) is 0 Å². The molecule has 2 N–H and O–H groups in total. The van der Waals surface area contributed by atoms with Crippen LogP contribution in [-0.2, 0) is 4.79 Å². The van der Waals surface area contributed by atoms with E-state index in [4.69, 9.17) is 0 Å². The number of aliphatic hydroxyl groups excluding tert-OH is 2. The molecule has 3 nitrogen and oxygen atoms in total. The highest BCUT2D eigenvalue weighted by Gasteiger charge is 2.61. The summed E-state index contributed by atoms with van der Waals surface area (Å²) in [6.07, 6.45) is 7.62. The van der Waals surface area contributed by atoms with Gasteiger partial charge in [-0.25, -0.2) is 0 Å². The molecule has 4 aliphatic carbocycles. The van der Waals surface area contributed by atoms with Gasteiger partial charge in [0.15, 0.2) is 5.78 Å². The molecule has 4 aliphatic rings. The molecule has 3 saturated carbocycles. The highest BCUT2D eigenvalue weighted by molar-refractivity contribution is 5.91. The molecule has 22 heavy (non-hydrogen) atoms. The zero-order valence-electron chi connectivity index (χ0n) is 13.7. The van der Waals surface area contributed by atoms with E-state index in [0.29, 0.717) is 30.5 Å². The lowest BCUT2D eigenvalue weighted by Crippen LogP contribution is -2.52. The number of hydrogen-bond acceptors (Lipinski definition) is 3. The summed E-state index contributed by atoms with van der Waals surface area (Å²) >= 11 is 0. The predicted octanol–water partition coefficient (Wildman–Crippen LogP) is 2.85. The maximum Gasteiger partial charge on any atom is 0.155 e. The highest BCUT2D eigenvalue weighted by atomic mass is 16.3. The van der Waals surface area contributed by atoms with E-state index >= 15 is 0 Å². The van der Waals surface area contributed by atoms with Gasteiger partial charge in [0.1, 0.15) is 0 Å². The fourth-order valence-corrected chi connectivity index (χ4v) is 6.59. The Morgan fingerprint density at radius 2 is 1.91 bits per heavy atom. The Labute approximate surface area is 132 Å². The number of fused-ring (bicyclic) bond motifs is 5. The number of ketones is 1. The molecule has 0 amide bonds. The normalized spacial score (nSPS) is 54.3. The molecule has 0 bridgehead atoms. The van der Waals surface area contributed by atoms with E-state index in [9.17, 15) is 15.0 Å². The lowest BCUT2D eigenvalue weighted by Gasteiger charge is -2.58. The van der Waals surface area contributed by atoms with Crippen molar-refractivity contribution in [1.29, 1.82) is 0 Å². The summed E-state index contributed by atoms with van der Waals surface area (Å²) in [6.45, 7) is 4.54. The minimum Gasteiger partial charge on any atom is -0.393 e. The van der Waals surface area contributed by atoms with Crippen molar-refractivity contribution in [2.45, 2.75) is 71.0 Å². The lowest BCUT2D eigenvalue weighted by molar-refractivity contribution is -0.119. The van der Waals surface area contributed by atoms with Crippen molar-refractivity contribution >= 4 is 5.78 Å². The van der Waals surface area contributed by atoms with Crippen LogP contribution in [-0.4, -0.2) is 28.2 Å². The average Bonchev–Trinajstić information content (AvgIpc) is 2.70. The van der Waals surface area contributed by atoms with Crippen molar-refractivity contribution in [2.75, 3.05) is 0 Å². The van der Waals surface area contributed by atoms with Crippen molar-refractivity contribution in [3.8, 4) is 0 Å². The molecule has 0 spiro atoms. The molecule has 3 heteroatoms. The number of aliphatic hydroxyl groups is 2. The maximum absolute atomic E-state index is 11.8. The maximum atomic E-state index is 11.8. The van der Waals surface area contributed by atoms with Gasteiger partial charge in [-0.1, -0.05) is 19.4 Å². The van der Waals surface area contributed by atoms with Crippen LogP contribution in [0.5, 0.6) is 0 Å². The van der Waals surface area contributed by atoms with E-state index in [1.165, 1.54) is 5.57 Å². The fourth-order valence-electron chi connectivity index (χ4n) is 6.59. The second kappa shape index (κ2) is 4.67. The van der Waals surface area contributed by atoms with Gasteiger partial charge in [-0.05, 0) is 66.8 Å². The lowest BCUT2D eigenvalue weighted by atomic mass is 9.47. The SMILES string of the molecule is C[C@]12CC[C@H]3[C@@H](CCC4=CC(=O)CC[C@@]43C)[C@@H]1[C@H](O)C[C@@H]2O. The minimum atomic E-state index is -0.355. The van der Waals surface area contributed by atoms with Crippen molar-refractivity contribution in [3.05, 3.63) is 11.6 Å². The molecule has 122 valence electrons. The number of hydrogen-bond donors (Lipinski definition) is 2. The van der Waals surface area contributed by atoms with Crippen LogP contribution in [0.4, 0.5) is 0 Å². The van der Waals surface area contributed by atoms with Crippen molar-refractivity contribution in [1.82, 2.24) is 0 Å². The molecule has 0 heterocycles. The van der Waals surface area contributed by atoms with E-state index in [-0.39, 0.29) is 29.0 Å². The largest absolute Gasteiger partial charge is 0.393 e. The van der Waals surface area contributed by atoms with Crippen molar-refractivity contribution in [3.63, 3.8) is 0 Å². The Morgan fingerprint density at radius 1 is 1.14 bits per heavy atom. The van der Waals surface area contributed by atoms with Crippen molar-refractivity contribution < 1.29 is 15.0 Å². The summed E-state index contributed by atoms with van der Waals surface area (Å²) in [5.74, 6) is 1.60. The van der Waals surface area contributed by atoms with Crippen LogP contribution in [0.15, 0.2) is 11.6 Å². The zero-order chi connectivity index (χ0) is 15.7. The molecule has 0 unspecified atom stereocenters. The summed E-state index contributed by atoms with van der Waals surface area (Å²) in [5.41, 5.74) is 1.40. The topological polar surface area (TPSA) is 57.5 Å². The first-order valence-corrected chi connectivity index (χ1v) is 8.96. The first kappa shape index (κ1) is 14.9. The molecule has 0 radical (unpaired) electrons. The molecular formula is C19H28O3. The van der Waals surface area contributed by atoms with Crippen molar-refractivity contribution in [2.24, 2.45) is 28.6 Å². The van der Waals surface area contributed by atoms with Crippen LogP contribution < -0.4 is 0 Å². The fraction of sp³-hybridized carbons (Fsp3) is 0.842. The minimum absolute atomic E-state index is 0.108. The van der Waals surface area contributed by atoms with Gasteiger partial charge >= 0.3 is 0 Å². The van der Waals surface area contributed by atoms with Gasteiger partial charge in [0.05, 0.1) is 12.2 Å². The van der Waals surface area contributed by atoms with Gasteiger partial charge < -0.3 is 10.2 Å². The van der Waals surface area contributed by atoms with Crippen LogP contribution in [0.2, 0.25) is 0 Å². The van der Waals surface area contributed by atoms with E-state index in [2.05, 4.69) is 13.8 Å². The Balaban J connectivity index is 1.71. The second-order valence-electron chi connectivity index (χ2n) is 8.75. The van der Waals surface area contributed by atoms with Gasteiger partial charge in [0, 0.05) is 12.8 Å². The van der Waals surface area contributed by atoms with Gasteiger partial charge in [-0.3, -0.25) is 4.79 Å². The van der Waals surface area contributed by atoms with E-state index in [1.54, 1.807) is 0 Å². The molecule has 0 saturated heterocycles. The Hall–Kier alpha value is -0.670. The summed E-state index contributed by atoms with van der Waals surface area (Å²) < 4.78 is 0. The Bertz CT molecular complexity index is 539. The summed E-state index contributed by atoms with van der Waals surface area (Å²) in [5, 5.41) is 21.1. The first-order chi connectivity index (χ1) is 10.4. The van der Waals surface area contributed by atoms with Gasteiger partial charge in [-0.2, -0.15) is 0 Å². The third-order valence-corrected chi connectivity index (χ3v) is 7.90. The number of carbonyl (C=O) groups is 1. The molecule has 0 aliphatic heterocycles.